The maximum absolute atomic E-state index is 12.3. The van der Waals surface area contributed by atoms with E-state index in [2.05, 4.69) is 10.6 Å². The van der Waals surface area contributed by atoms with E-state index in [4.69, 9.17) is 27.9 Å². The van der Waals surface area contributed by atoms with Gasteiger partial charge >= 0.3 is 0 Å². The third kappa shape index (κ3) is 5.88. The molecule has 0 aromatic heterocycles. The van der Waals surface area contributed by atoms with E-state index in [0.717, 1.165) is 5.56 Å². The maximum Gasteiger partial charge on any atom is 0.255 e. The Morgan fingerprint density at radius 1 is 1.04 bits per heavy atom. The average Bonchev–Trinajstić information content (AvgIpc) is 2.67. The quantitative estimate of drug-likeness (QED) is 0.668. The van der Waals surface area contributed by atoms with Gasteiger partial charge in [0.25, 0.3) is 5.91 Å². The second kappa shape index (κ2) is 9.80. The Bertz CT molecular complexity index is 853. The monoisotopic (exact) mass is 422 g/mol. The largest absolute Gasteiger partial charge is 0.493 e. The van der Waals surface area contributed by atoms with Crippen molar-refractivity contribution in [3.05, 3.63) is 63.6 Å². The summed E-state index contributed by atoms with van der Waals surface area (Å²) >= 11 is 12.0. The predicted molar refractivity (Wildman–Crippen MR) is 112 cm³/mol. The lowest BCUT2D eigenvalue weighted by Gasteiger charge is -2.26. The van der Waals surface area contributed by atoms with Crippen molar-refractivity contribution in [3.8, 4) is 5.75 Å². The standard InChI is InChI=1S/C21H24Cl2N2O3/c1-4-28-18-8-6-5-7-15(18)20(27)24-12-19(26)25-13-21(2,3)14-9-10-16(22)17(23)11-14/h5-11H,4,12-13H2,1-3H3,(H,24,27)(H,25,26). The summed E-state index contributed by atoms with van der Waals surface area (Å²) in [6.07, 6.45) is 0. The van der Waals surface area contributed by atoms with E-state index in [1.54, 1.807) is 36.4 Å². The summed E-state index contributed by atoms with van der Waals surface area (Å²) < 4.78 is 5.44. The zero-order valence-electron chi connectivity index (χ0n) is 16.1. The highest BCUT2D eigenvalue weighted by atomic mass is 35.5. The number of nitrogens with one attached hydrogen (secondary N) is 2. The number of hydrogen-bond donors (Lipinski definition) is 2. The molecule has 2 aromatic rings. The molecule has 28 heavy (non-hydrogen) atoms. The van der Waals surface area contributed by atoms with Crippen LogP contribution in [-0.2, 0) is 10.2 Å². The first-order valence-corrected chi connectivity index (χ1v) is 9.72. The number of hydrogen-bond acceptors (Lipinski definition) is 3. The Morgan fingerprint density at radius 2 is 1.75 bits per heavy atom. The average molecular weight is 423 g/mol. The van der Waals surface area contributed by atoms with Crippen LogP contribution in [-0.4, -0.2) is 31.5 Å². The summed E-state index contributed by atoms with van der Waals surface area (Å²) in [5, 5.41) is 6.42. The number of halogens is 2. The molecule has 150 valence electrons. The van der Waals surface area contributed by atoms with Crippen LogP contribution in [0.2, 0.25) is 10.0 Å². The molecule has 0 atom stereocenters. The molecule has 0 aliphatic carbocycles. The highest BCUT2D eigenvalue weighted by Crippen LogP contribution is 2.29. The Morgan fingerprint density at radius 3 is 2.43 bits per heavy atom. The Hall–Kier alpha value is -2.24. The van der Waals surface area contributed by atoms with E-state index in [1.165, 1.54) is 0 Å². The first kappa shape index (κ1) is 22.1. The number of ether oxygens (including phenoxy) is 1. The van der Waals surface area contributed by atoms with Crippen LogP contribution in [0.1, 0.15) is 36.7 Å². The Labute approximate surface area is 175 Å². The van der Waals surface area contributed by atoms with Crippen molar-refractivity contribution in [2.45, 2.75) is 26.2 Å². The van der Waals surface area contributed by atoms with Crippen molar-refractivity contribution < 1.29 is 14.3 Å². The van der Waals surface area contributed by atoms with E-state index >= 15 is 0 Å². The summed E-state index contributed by atoms with van der Waals surface area (Å²) in [5.74, 6) is -0.151. The van der Waals surface area contributed by atoms with Crippen LogP contribution in [0, 0.1) is 0 Å². The maximum atomic E-state index is 12.3. The number of amides is 2. The van der Waals surface area contributed by atoms with Crippen LogP contribution in [0.15, 0.2) is 42.5 Å². The van der Waals surface area contributed by atoms with Crippen LogP contribution in [0.25, 0.3) is 0 Å². The molecule has 0 bridgehead atoms. The highest BCUT2D eigenvalue weighted by Gasteiger charge is 2.22. The number of carbonyl (C=O) groups excluding carboxylic acids is 2. The summed E-state index contributed by atoms with van der Waals surface area (Å²) in [5.41, 5.74) is 1.00. The smallest absolute Gasteiger partial charge is 0.255 e. The van der Waals surface area contributed by atoms with E-state index < -0.39 is 0 Å². The fourth-order valence-corrected chi connectivity index (χ4v) is 2.89. The number of para-hydroxylation sites is 1. The minimum atomic E-state index is -0.358. The molecule has 0 unspecified atom stereocenters. The first-order valence-electron chi connectivity index (χ1n) is 8.97. The second-order valence-corrected chi connectivity index (χ2v) is 7.72. The van der Waals surface area contributed by atoms with Crippen molar-refractivity contribution in [2.24, 2.45) is 0 Å². The third-order valence-electron chi connectivity index (χ3n) is 4.27. The molecule has 0 spiro atoms. The number of rotatable bonds is 8. The third-order valence-corrected chi connectivity index (χ3v) is 5.01. The van der Waals surface area contributed by atoms with Gasteiger partial charge in [0.1, 0.15) is 5.75 Å². The van der Waals surface area contributed by atoms with E-state index in [0.29, 0.717) is 34.5 Å². The van der Waals surface area contributed by atoms with Crippen molar-refractivity contribution in [2.75, 3.05) is 19.7 Å². The molecule has 0 aliphatic heterocycles. The van der Waals surface area contributed by atoms with Gasteiger partial charge in [-0.05, 0) is 36.8 Å². The summed E-state index contributed by atoms with van der Waals surface area (Å²) in [7, 11) is 0. The minimum Gasteiger partial charge on any atom is -0.493 e. The molecule has 0 radical (unpaired) electrons. The zero-order valence-corrected chi connectivity index (χ0v) is 17.7. The molecule has 7 heteroatoms. The lowest BCUT2D eigenvalue weighted by molar-refractivity contribution is -0.120. The van der Waals surface area contributed by atoms with Gasteiger partial charge in [-0.3, -0.25) is 9.59 Å². The predicted octanol–water partition coefficient (Wildman–Crippen LogP) is 4.22. The van der Waals surface area contributed by atoms with Gasteiger partial charge < -0.3 is 15.4 Å². The van der Waals surface area contributed by atoms with Crippen LogP contribution < -0.4 is 15.4 Å². The summed E-state index contributed by atoms with van der Waals surface area (Å²) in [6.45, 7) is 6.53. The number of carbonyl (C=O) groups is 2. The fraction of sp³-hybridized carbons (Fsp3) is 0.333. The summed E-state index contributed by atoms with van der Waals surface area (Å²) in [6, 6.07) is 12.3. The molecular formula is C21H24Cl2N2O3. The van der Waals surface area contributed by atoms with E-state index in [1.807, 2.05) is 26.8 Å². The van der Waals surface area contributed by atoms with Gasteiger partial charge in [0.2, 0.25) is 5.91 Å². The molecule has 0 heterocycles. The van der Waals surface area contributed by atoms with Gasteiger partial charge in [0.15, 0.2) is 0 Å². The molecular weight excluding hydrogens is 399 g/mol. The summed E-state index contributed by atoms with van der Waals surface area (Å²) in [4.78, 5) is 24.5. The van der Waals surface area contributed by atoms with Gasteiger partial charge in [-0.1, -0.05) is 55.2 Å². The molecule has 2 rings (SSSR count). The normalized spacial score (nSPS) is 11.0. The van der Waals surface area contributed by atoms with E-state index in [-0.39, 0.29) is 23.8 Å². The molecule has 5 nitrogen and oxygen atoms in total. The topological polar surface area (TPSA) is 67.4 Å². The SMILES string of the molecule is CCOc1ccccc1C(=O)NCC(=O)NCC(C)(C)c1ccc(Cl)c(Cl)c1. The highest BCUT2D eigenvalue weighted by molar-refractivity contribution is 6.42. The molecule has 0 saturated carbocycles. The van der Waals surface area contributed by atoms with Crippen LogP contribution in [0.3, 0.4) is 0 Å². The van der Waals surface area contributed by atoms with E-state index in [9.17, 15) is 9.59 Å². The van der Waals surface area contributed by atoms with Gasteiger partial charge in [-0.25, -0.2) is 0 Å². The Balaban J connectivity index is 1.90. The van der Waals surface area contributed by atoms with Crippen LogP contribution >= 0.6 is 23.2 Å². The second-order valence-electron chi connectivity index (χ2n) is 6.90. The van der Waals surface area contributed by atoms with Gasteiger partial charge in [0, 0.05) is 12.0 Å². The minimum absolute atomic E-state index is 0.128. The van der Waals surface area contributed by atoms with Crippen LogP contribution in [0.5, 0.6) is 5.75 Å². The molecule has 2 N–H and O–H groups in total. The molecule has 2 aromatic carbocycles. The lowest BCUT2D eigenvalue weighted by Crippen LogP contribution is -2.42. The molecule has 0 fully saturated rings. The molecule has 0 aliphatic rings. The van der Waals surface area contributed by atoms with Crippen molar-refractivity contribution >= 4 is 35.0 Å². The van der Waals surface area contributed by atoms with Crippen molar-refractivity contribution in [1.29, 1.82) is 0 Å². The lowest BCUT2D eigenvalue weighted by atomic mass is 9.84. The number of benzene rings is 2. The van der Waals surface area contributed by atoms with Gasteiger partial charge in [-0.2, -0.15) is 0 Å². The molecule has 0 saturated heterocycles. The van der Waals surface area contributed by atoms with Gasteiger partial charge in [-0.15, -0.1) is 0 Å². The van der Waals surface area contributed by atoms with Gasteiger partial charge in [0.05, 0.1) is 28.8 Å². The fourth-order valence-electron chi connectivity index (χ4n) is 2.59. The first-order chi connectivity index (χ1) is 13.2. The molecule has 2 amide bonds. The van der Waals surface area contributed by atoms with Crippen molar-refractivity contribution in [1.82, 2.24) is 10.6 Å². The van der Waals surface area contributed by atoms with Crippen molar-refractivity contribution in [3.63, 3.8) is 0 Å². The Kier molecular flexibility index (Phi) is 7.72. The zero-order chi connectivity index (χ0) is 20.7. The van der Waals surface area contributed by atoms with Crippen LogP contribution in [0.4, 0.5) is 0 Å².